The van der Waals surface area contributed by atoms with Gasteiger partial charge in [-0.2, -0.15) is 13.2 Å². The first-order valence-electron chi connectivity index (χ1n) is 6.15. The molecule has 0 unspecified atom stereocenters. The van der Waals surface area contributed by atoms with Gasteiger partial charge >= 0.3 is 6.18 Å². The molecule has 0 fully saturated rings. The van der Waals surface area contributed by atoms with E-state index in [1.807, 2.05) is 20.8 Å². The van der Waals surface area contributed by atoms with E-state index in [4.69, 9.17) is 0 Å². The van der Waals surface area contributed by atoms with Crippen molar-refractivity contribution in [2.75, 3.05) is 11.9 Å². The minimum absolute atomic E-state index is 0.278. The number of halogens is 3. The highest BCUT2D eigenvalue weighted by Crippen LogP contribution is 2.31. The molecule has 0 bridgehead atoms. The lowest BCUT2D eigenvalue weighted by Crippen LogP contribution is -2.11. The van der Waals surface area contributed by atoms with Crippen molar-refractivity contribution in [3.05, 3.63) is 23.4 Å². The first-order valence-corrected chi connectivity index (χ1v) is 6.15. The normalized spacial score (nSPS) is 11.9. The van der Waals surface area contributed by atoms with Gasteiger partial charge in [0.1, 0.15) is 5.82 Å². The zero-order valence-electron chi connectivity index (χ0n) is 10.9. The number of rotatable bonds is 5. The predicted octanol–water partition coefficient (Wildman–Crippen LogP) is 4.12. The number of anilines is 1. The van der Waals surface area contributed by atoms with Gasteiger partial charge in [0.15, 0.2) is 0 Å². The number of alkyl halides is 3. The van der Waals surface area contributed by atoms with E-state index in [2.05, 4.69) is 10.3 Å². The molecule has 0 aliphatic heterocycles. The van der Waals surface area contributed by atoms with Crippen LogP contribution in [0, 0.1) is 5.92 Å². The van der Waals surface area contributed by atoms with E-state index in [1.54, 1.807) is 0 Å². The molecule has 1 rings (SSSR count). The lowest BCUT2D eigenvalue weighted by molar-refractivity contribution is -0.137. The highest BCUT2D eigenvalue weighted by atomic mass is 19.4. The van der Waals surface area contributed by atoms with E-state index in [9.17, 15) is 13.2 Å². The highest BCUT2D eigenvalue weighted by Gasteiger charge is 2.31. The lowest BCUT2D eigenvalue weighted by atomic mass is 10.1. The average molecular weight is 260 g/mol. The van der Waals surface area contributed by atoms with E-state index in [-0.39, 0.29) is 5.92 Å². The monoisotopic (exact) mass is 260 g/mol. The zero-order valence-corrected chi connectivity index (χ0v) is 10.9. The summed E-state index contributed by atoms with van der Waals surface area (Å²) < 4.78 is 38.3. The number of nitrogens with one attached hydrogen (secondary N) is 1. The quantitative estimate of drug-likeness (QED) is 0.861. The van der Waals surface area contributed by atoms with Gasteiger partial charge in [-0.1, -0.05) is 20.8 Å². The van der Waals surface area contributed by atoms with Crippen LogP contribution in [-0.4, -0.2) is 11.5 Å². The van der Waals surface area contributed by atoms with Crippen LogP contribution in [-0.2, 0) is 12.6 Å². The molecule has 0 radical (unpaired) electrons. The Morgan fingerprint density at radius 2 is 1.94 bits per heavy atom. The molecule has 0 saturated heterocycles. The second-order valence-corrected chi connectivity index (χ2v) is 4.75. The lowest BCUT2D eigenvalue weighted by Gasteiger charge is -2.13. The predicted molar refractivity (Wildman–Crippen MR) is 66.6 cm³/mol. The summed E-state index contributed by atoms with van der Waals surface area (Å²) in [6.07, 6.45) is -2.93. The number of nitrogens with zero attached hydrogens (tertiary/aromatic N) is 1. The molecule has 2 nitrogen and oxygen atoms in total. The number of aromatic nitrogens is 1. The van der Waals surface area contributed by atoms with Crippen LogP contribution >= 0.6 is 0 Å². The van der Waals surface area contributed by atoms with Gasteiger partial charge in [0.2, 0.25) is 0 Å². The van der Waals surface area contributed by atoms with Crippen LogP contribution < -0.4 is 5.32 Å². The molecule has 0 amide bonds. The molecule has 0 saturated carbocycles. The molecule has 0 aliphatic carbocycles. The van der Waals surface area contributed by atoms with Crippen molar-refractivity contribution in [1.82, 2.24) is 4.98 Å². The maximum absolute atomic E-state index is 12.8. The fourth-order valence-electron chi connectivity index (χ4n) is 1.62. The Hall–Kier alpha value is -1.26. The average Bonchev–Trinajstić information content (AvgIpc) is 2.24. The van der Waals surface area contributed by atoms with Crippen molar-refractivity contribution >= 4 is 5.82 Å². The maximum Gasteiger partial charge on any atom is 0.416 e. The van der Waals surface area contributed by atoms with E-state index in [0.717, 1.165) is 18.6 Å². The summed E-state index contributed by atoms with van der Waals surface area (Å²) in [7, 11) is 0. The SMILES string of the molecule is CCCNc1cc(C(F)(F)F)cc(CC(C)C)n1. The second kappa shape index (κ2) is 6.07. The van der Waals surface area contributed by atoms with Crippen LogP contribution in [0.3, 0.4) is 0 Å². The molecule has 0 atom stereocenters. The van der Waals surface area contributed by atoms with Gasteiger partial charge in [0.25, 0.3) is 0 Å². The molecule has 18 heavy (non-hydrogen) atoms. The van der Waals surface area contributed by atoms with Crippen LogP contribution in [0.1, 0.15) is 38.4 Å². The third-order valence-corrected chi connectivity index (χ3v) is 2.38. The maximum atomic E-state index is 12.8. The molecule has 0 aliphatic rings. The van der Waals surface area contributed by atoms with Gasteiger partial charge < -0.3 is 5.32 Å². The van der Waals surface area contributed by atoms with Crippen LogP contribution in [0.2, 0.25) is 0 Å². The second-order valence-electron chi connectivity index (χ2n) is 4.75. The van der Waals surface area contributed by atoms with E-state index < -0.39 is 11.7 Å². The molecule has 0 spiro atoms. The van der Waals surface area contributed by atoms with Crippen LogP contribution in [0.15, 0.2) is 12.1 Å². The Morgan fingerprint density at radius 1 is 1.28 bits per heavy atom. The largest absolute Gasteiger partial charge is 0.416 e. The van der Waals surface area contributed by atoms with Gasteiger partial charge in [-0.05, 0) is 30.9 Å². The summed E-state index contributed by atoms with van der Waals surface area (Å²) in [5.41, 5.74) is -0.148. The zero-order chi connectivity index (χ0) is 13.8. The summed E-state index contributed by atoms with van der Waals surface area (Å²) in [5.74, 6) is 0.585. The standard InChI is InChI=1S/C13H19F3N2/c1-4-5-17-12-8-10(13(14,15)16)7-11(18-12)6-9(2)3/h7-9H,4-6H2,1-3H3,(H,17,18). The number of hydrogen-bond acceptors (Lipinski definition) is 2. The van der Waals surface area contributed by atoms with Gasteiger partial charge in [0, 0.05) is 12.2 Å². The Labute approximate surface area is 106 Å². The number of pyridine rings is 1. The topological polar surface area (TPSA) is 24.9 Å². The van der Waals surface area contributed by atoms with Crippen LogP contribution in [0.25, 0.3) is 0 Å². The Kier molecular flexibility index (Phi) is 4.99. The molecule has 102 valence electrons. The summed E-state index contributed by atoms with van der Waals surface area (Å²) in [4.78, 5) is 4.21. The van der Waals surface area contributed by atoms with Gasteiger partial charge in [-0.25, -0.2) is 4.98 Å². The molecule has 1 N–H and O–H groups in total. The van der Waals surface area contributed by atoms with Crippen molar-refractivity contribution in [2.45, 2.75) is 39.8 Å². The fourth-order valence-corrected chi connectivity index (χ4v) is 1.62. The minimum Gasteiger partial charge on any atom is -0.370 e. The Bertz CT molecular complexity index is 386. The fraction of sp³-hybridized carbons (Fsp3) is 0.615. The van der Waals surface area contributed by atoms with Crippen molar-refractivity contribution in [2.24, 2.45) is 5.92 Å². The minimum atomic E-state index is -4.32. The molecule has 1 aromatic rings. The van der Waals surface area contributed by atoms with Crippen molar-refractivity contribution < 1.29 is 13.2 Å². The van der Waals surface area contributed by atoms with Crippen molar-refractivity contribution in [1.29, 1.82) is 0 Å². The van der Waals surface area contributed by atoms with Crippen molar-refractivity contribution in [3.8, 4) is 0 Å². The molecule has 1 aromatic heterocycles. The van der Waals surface area contributed by atoms with E-state index >= 15 is 0 Å². The molecule has 1 heterocycles. The summed E-state index contributed by atoms with van der Waals surface area (Å²) in [6, 6.07) is 2.20. The smallest absolute Gasteiger partial charge is 0.370 e. The van der Waals surface area contributed by atoms with Crippen LogP contribution in [0.5, 0.6) is 0 Å². The molecule has 0 aromatic carbocycles. The van der Waals surface area contributed by atoms with E-state index in [1.165, 1.54) is 0 Å². The first kappa shape index (κ1) is 14.8. The summed E-state index contributed by atoms with van der Waals surface area (Å²) in [5, 5.41) is 2.91. The third-order valence-electron chi connectivity index (χ3n) is 2.38. The Morgan fingerprint density at radius 3 is 2.44 bits per heavy atom. The highest BCUT2D eigenvalue weighted by molar-refractivity contribution is 5.40. The van der Waals surface area contributed by atoms with E-state index in [0.29, 0.717) is 24.5 Å². The Balaban J connectivity index is 3.03. The summed E-state index contributed by atoms with van der Waals surface area (Å²) in [6.45, 7) is 6.49. The third kappa shape index (κ3) is 4.55. The number of hydrogen-bond donors (Lipinski definition) is 1. The molecule has 5 heteroatoms. The van der Waals surface area contributed by atoms with Crippen molar-refractivity contribution in [3.63, 3.8) is 0 Å². The van der Waals surface area contributed by atoms with Crippen LogP contribution in [0.4, 0.5) is 19.0 Å². The molecular weight excluding hydrogens is 241 g/mol. The van der Waals surface area contributed by atoms with Gasteiger partial charge in [-0.15, -0.1) is 0 Å². The molecular formula is C13H19F3N2. The van der Waals surface area contributed by atoms with Gasteiger partial charge in [0.05, 0.1) is 5.56 Å². The first-order chi connectivity index (χ1) is 8.32. The van der Waals surface area contributed by atoms with Gasteiger partial charge in [-0.3, -0.25) is 0 Å². The summed E-state index contributed by atoms with van der Waals surface area (Å²) >= 11 is 0.